The maximum absolute atomic E-state index is 5.29. The highest BCUT2D eigenvalue weighted by Crippen LogP contribution is 2.36. The molecule has 0 aromatic carbocycles. The second-order valence-corrected chi connectivity index (χ2v) is 7.26. The molecule has 2 rings (SSSR count). The van der Waals surface area contributed by atoms with Crippen LogP contribution in [0.1, 0.15) is 64.2 Å². The van der Waals surface area contributed by atoms with E-state index < -0.39 is 0 Å². The summed E-state index contributed by atoms with van der Waals surface area (Å²) in [5.41, 5.74) is 0. The van der Waals surface area contributed by atoms with Crippen molar-refractivity contribution >= 4 is 0 Å². The highest BCUT2D eigenvalue weighted by molar-refractivity contribution is 4.76. The Labute approximate surface area is 125 Å². The lowest BCUT2D eigenvalue weighted by Gasteiger charge is -2.31. The molecule has 20 heavy (non-hydrogen) atoms. The number of hydrogen-bond acceptors (Lipinski definition) is 2. The van der Waals surface area contributed by atoms with E-state index in [2.05, 4.69) is 0 Å². The summed E-state index contributed by atoms with van der Waals surface area (Å²) in [5, 5.41) is 0. The average Bonchev–Trinajstić information content (AvgIpc) is 2.49. The first-order valence-corrected chi connectivity index (χ1v) is 8.79. The van der Waals surface area contributed by atoms with Crippen LogP contribution in [0.4, 0.5) is 0 Å². The Hall–Kier alpha value is -0.0800. The molecule has 2 saturated carbocycles. The second kappa shape index (κ2) is 9.04. The lowest BCUT2D eigenvalue weighted by Crippen LogP contribution is -2.21. The zero-order valence-electron chi connectivity index (χ0n) is 13.6. The fourth-order valence-corrected chi connectivity index (χ4v) is 4.32. The summed E-state index contributed by atoms with van der Waals surface area (Å²) in [6.07, 6.45) is 14.4. The molecular weight excluding hydrogens is 248 g/mol. The molecule has 0 unspecified atom stereocenters. The first-order valence-electron chi connectivity index (χ1n) is 8.79. The molecule has 2 aliphatic carbocycles. The molecule has 2 heteroatoms. The Morgan fingerprint density at radius 3 is 1.15 bits per heavy atom. The molecule has 0 aromatic heterocycles. The van der Waals surface area contributed by atoms with Gasteiger partial charge in [-0.3, -0.25) is 0 Å². The molecule has 118 valence electrons. The fourth-order valence-electron chi connectivity index (χ4n) is 4.32. The lowest BCUT2D eigenvalue weighted by atomic mass is 9.76. The van der Waals surface area contributed by atoms with Crippen molar-refractivity contribution in [1.82, 2.24) is 0 Å². The minimum absolute atomic E-state index is 0.848. The van der Waals surface area contributed by atoms with Crippen LogP contribution < -0.4 is 0 Å². The van der Waals surface area contributed by atoms with Crippen molar-refractivity contribution in [2.24, 2.45) is 23.7 Å². The summed E-state index contributed by atoms with van der Waals surface area (Å²) in [7, 11) is 3.68. The number of ether oxygens (including phenoxy) is 2. The van der Waals surface area contributed by atoms with Crippen molar-refractivity contribution in [3.8, 4) is 0 Å². The molecule has 0 heterocycles. The van der Waals surface area contributed by atoms with Gasteiger partial charge < -0.3 is 9.47 Å². The summed E-state index contributed by atoms with van der Waals surface area (Å²) >= 11 is 0. The van der Waals surface area contributed by atoms with Crippen LogP contribution in [-0.2, 0) is 9.47 Å². The van der Waals surface area contributed by atoms with Crippen molar-refractivity contribution < 1.29 is 9.47 Å². The van der Waals surface area contributed by atoms with E-state index in [0.717, 1.165) is 36.9 Å². The van der Waals surface area contributed by atoms with Crippen LogP contribution in [0, 0.1) is 23.7 Å². The van der Waals surface area contributed by atoms with Crippen LogP contribution in [0.15, 0.2) is 0 Å². The van der Waals surface area contributed by atoms with Gasteiger partial charge in [0.15, 0.2) is 0 Å². The number of methoxy groups -OCH3 is 2. The third-order valence-electron chi connectivity index (χ3n) is 5.72. The van der Waals surface area contributed by atoms with E-state index in [4.69, 9.17) is 9.47 Å². The van der Waals surface area contributed by atoms with Crippen molar-refractivity contribution in [2.45, 2.75) is 64.2 Å². The Morgan fingerprint density at radius 2 is 0.850 bits per heavy atom. The first-order chi connectivity index (χ1) is 9.81. The van der Waals surface area contributed by atoms with Gasteiger partial charge in [0.2, 0.25) is 0 Å². The third-order valence-corrected chi connectivity index (χ3v) is 5.72. The summed E-state index contributed by atoms with van der Waals surface area (Å²) in [6.45, 7) is 1.96. The fraction of sp³-hybridized carbons (Fsp3) is 1.00. The molecule has 0 radical (unpaired) electrons. The summed E-state index contributed by atoms with van der Waals surface area (Å²) in [5.74, 6) is 3.72. The molecule has 2 nitrogen and oxygen atoms in total. The molecule has 2 aliphatic rings. The Balaban J connectivity index is 1.55. The summed E-state index contributed by atoms with van der Waals surface area (Å²) in [4.78, 5) is 0. The summed E-state index contributed by atoms with van der Waals surface area (Å²) in [6, 6.07) is 0. The van der Waals surface area contributed by atoms with Crippen LogP contribution in [0.3, 0.4) is 0 Å². The van der Waals surface area contributed by atoms with Crippen LogP contribution in [0.5, 0.6) is 0 Å². The Kier molecular flexibility index (Phi) is 7.37. The van der Waals surface area contributed by atoms with Crippen molar-refractivity contribution in [3.63, 3.8) is 0 Å². The SMILES string of the molecule is COCC1CCC(CC[C@H]2CC[C@H](COC)CC2)CC1. The van der Waals surface area contributed by atoms with Gasteiger partial charge in [0.1, 0.15) is 0 Å². The lowest BCUT2D eigenvalue weighted by molar-refractivity contribution is 0.108. The molecule has 0 amide bonds. The molecule has 0 aromatic rings. The van der Waals surface area contributed by atoms with Crippen LogP contribution in [0.25, 0.3) is 0 Å². The molecule has 2 fully saturated rings. The maximum atomic E-state index is 5.29. The Morgan fingerprint density at radius 1 is 0.550 bits per heavy atom. The smallest absolute Gasteiger partial charge is 0.0490 e. The first kappa shape index (κ1) is 16.3. The van der Waals surface area contributed by atoms with Crippen molar-refractivity contribution in [3.05, 3.63) is 0 Å². The normalized spacial score (nSPS) is 35.1. The summed E-state index contributed by atoms with van der Waals surface area (Å²) < 4.78 is 10.6. The van der Waals surface area contributed by atoms with Crippen LogP contribution >= 0.6 is 0 Å². The van der Waals surface area contributed by atoms with E-state index in [0.29, 0.717) is 0 Å². The van der Waals surface area contributed by atoms with Crippen LogP contribution in [-0.4, -0.2) is 27.4 Å². The van der Waals surface area contributed by atoms with Gasteiger partial charge in [0.25, 0.3) is 0 Å². The van der Waals surface area contributed by atoms with E-state index in [1.165, 1.54) is 64.2 Å². The van der Waals surface area contributed by atoms with Gasteiger partial charge in [-0.1, -0.05) is 38.5 Å². The van der Waals surface area contributed by atoms with Gasteiger partial charge in [-0.2, -0.15) is 0 Å². The van der Waals surface area contributed by atoms with E-state index in [1.807, 2.05) is 14.2 Å². The predicted molar refractivity (Wildman–Crippen MR) is 83.9 cm³/mol. The predicted octanol–water partition coefficient (Wildman–Crippen LogP) is 4.67. The van der Waals surface area contributed by atoms with E-state index in [9.17, 15) is 0 Å². The van der Waals surface area contributed by atoms with Gasteiger partial charge in [-0.05, 0) is 49.4 Å². The molecule has 0 N–H and O–H groups in total. The minimum atomic E-state index is 0.848. The molecule has 0 saturated heterocycles. The highest BCUT2D eigenvalue weighted by atomic mass is 16.5. The zero-order valence-corrected chi connectivity index (χ0v) is 13.6. The van der Waals surface area contributed by atoms with Gasteiger partial charge in [0.05, 0.1) is 0 Å². The largest absolute Gasteiger partial charge is 0.384 e. The van der Waals surface area contributed by atoms with Gasteiger partial charge in [-0.15, -0.1) is 0 Å². The highest BCUT2D eigenvalue weighted by Gasteiger charge is 2.24. The standard InChI is InChI=1S/C18H34O2/c1-19-13-17-9-5-15(6-10-17)3-4-16-7-11-18(12-8-16)14-20-2/h15-18H,3-14H2,1-2H3/t15-,16?,17-,18?. The molecule has 0 spiro atoms. The number of rotatable bonds is 7. The zero-order chi connectivity index (χ0) is 14.2. The average molecular weight is 282 g/mol. The van der Waals surface area contributed by atoms with Gasteiger partial charge in [0, 0.05) is 27.4 Å². The molecular formula is C18H34O2. The quantitative estimate of drug-likeness (QED) is 0.675. The van der Waals surface area contributed by atoms with Gasteiger partial charge >= 0.3 is 0 Å². The van der Waals surface area contributed by atoms with E-state index in [-0.39, 0.29) is 0 Å². The molecule has 0 atom stereocenters. The third kappa shape index (κ3) is 5.37. The van der Waals surface area contributed by atoms with Crippen LogP contribution in [0.2, 0.25) is 0 Å². The number of hydrogen-bond donors (Lipinski definition) is 0. The topological polar surface area (TPSA) is 18.5 Å². The van der Waals surface area contributed by atoms with E-state index >= 15 is 0 Å². The minimum Gasteiger partial charge on any atom is -0.384 e. The van der Waals surface area contributed by atoms with Gasteiger partial charge in [-0.25, -0.2) is 0 Å². The molecule has 0 aliphatic heterocycles. The molecule has 0 bridgehead atoms. The van der Waals surface area contributed by atoms with Crippen molar-refractivity contribution in [2.75, 3.05) is 27.4 Å². The Bertz CT molecular complexity index is 212. The van der Waals surface area contributed by atoms with E-state index in [1.54, 1.807) is 0 Å². The maximum Gasteiger partial charge on any atom is 0.0490 e. The second-order valence-electron chi connectivity index (χ2n) is 7.26. The monoisotopic (exact) mass is 282 g/mol. The van der Waals surface area contributed by atoms with Crippen molar-refractivity contribution in [1.29, 1.82) is 0 Å².